The summed E-state index contributed by atoms with van der Waals surface area (Å²) in [6, 6.07) is 89.0. The lowest BCUT2D eigenvalue weighted by Crippen LogP contribution is -2.16. The van der Waals surface area contributed by atoms with Crippen molar-refractivity contribution >= 4 is 0 Å². The largest absolute Gasteiger partial charge is 0.490 e. The molecule has 0 aliphatic rings. The molecule has 0 aliphatic carbocycles. The van der Waals surface area contributed by atoms with Gasteiger partial charge in [-0.25, -0.2) is 0 Å². The highest BCUT2D eigenvalue weighted by molar-refractivity contribution is 5.90. The fourth-order valence-corrected chi connectivity index (χ4v) is 13.0. The van der Waals surface area contributed by atoms with Crippen LogP contribution in [0.3, 0.4) is 0 Å². The van der Waals surface area contributed by atoms with Crippen molar-refractivity contribution in [3.05, 3.63) is 249 Å². The highest BCUT2D eigenvalue weighted by Crippen LogP contribution is 2.44. The van der Waals surface area contributed by atoms with Crippen molar-refractivity contribution in [2.75, 3.05) is 285 Å². The van der Waals surface area contributed by atoms with Gasteiger partial charge in [0.15, 0.2) is 0 Å². The molecule has 10 aromatic carbocycles. The van der Waals surface area contributed by atoms with E-state index in [-0.39, 0.29) is 0 Å². The molecule has 0 N–H and O–H groups in total. The normalized spacial score (nSPS) is 11.5. The molecule has 125 heavy (non-hydrogen) atoms. The van der Waals surface area contributed by atoms with Gasteiger partial charge in [-0.15, -0.1) is 0 Å². The predicted molar refractivity (Wildman–Crippen MR) is 489 cm³/mol. The van der Waals surface area contributed by atoms with Crippen molar-refractivity contribution in [1.29, 1.82) is 0 Å². The first-order chi connectivity index (χ1) is 62.2. The molecular formula is C103H128O22. The van der Waals surface area contributed by atoms with Crippen LogP contribution in [0.5, 0.6) is 5.75 Å². The summed E-state index contributed by atoms with van der Waals surface area (Å²) in [5.41, 5.74) is 20.2. The number of benzene rings is 10. The molecule has 22 nitrogen and oxygen atoms in total. The Balaban J connectivity index is 0.519. The van der Waals surface area contributed by atoms with E-state index >= 15 is 0 Å². The van der Waals surface area contributed by atoms with Gasteiger partial charge in [-0.1, -0.05) is 237 Å². The molecular weight excluding hydrogens is 1590 g/mol. The van der Waals surface area contributed by atoms with Gasteiger partial charge in [-0.2, -0.15) is 0 Å². The number of hydrogen-bond acceptors (Lipinski definition) is 22. The topological polar surface area (TPSA) is 203 Å². The number of rotatable bonds is 73. The second-order valence-electron chi connectivity index (χ2n) is 28.6. The van der Waals surface area contributed by atoms with E-state index in [0.29, 0.717) is 277 Å². The third-order valence-corrected chi connectivity index (χ3v) is 19.6. The maximum absolute atomic E-state index is 6.99. The molecule has 0 unspecified atom stereocenters. The molecule has 0 amide bonds. The first-order valence-electron chi connectivity index (χ1n) is 43.8. The molecule has 10 rings (SSSR count). The third-order valence-electron chi connectivity index (χ3n) is 19.6. The van der Waals surface area contributed by atoms with Gasteiger partial charge in [0, 0.05) is 18.2 Å². The average molecular weight is 1720 g/mol. The minimum atomic E-state index is 0.320. The summed E-state index contributed by atoms with van der Waals surface area (Å²) in [6.07, 6.45) is 0. The van der Waals surface area contributed by atoms with Crippen LogP contribution < -0.4 is 4.74 Å². The number of hydrogen-bond donors (Lipinski definition) is 0. The summed E-state index contributed by atoms with van der Waals surface area (Å²) in [5, 5.41) is 0. The van der Waals surface area contributed by atoms with Crippen LogP contribution >= 0.6 is 0 Å². The summed E-state index contributed by atoms with van der Waals surface area (Å²) in [5.74, 6) is 0.780. The first-order valence-corrected chi connectivity index (χ1v) is 43.8. The Hall–Kier alpha value is -8.84. The van der Waals surface area contributed by atoms with E-state index < -0.39 is 0 Å². The fraction of sp³-hybridized carbons (Fsp3) is 0.417. The second kappa shape index (κ2) is 64.0. The molecule has 0 radical (unpaired) electrons. The Labute approximate surface area is 739 Å². The molecule has 22 heteroatoms. The van der Waals surface area contributed by atoms with E-state index in [2.05, 4.69) is 231 Å². The first kappa shape index (κ1) is 98.3. The van der Waals surface area contributed by atoms with Crippen LogP contribution in [0.1, 0.15) is 0 Å². The van der Waals surface area contributed by atoms with Gasteiger partial charge in [-0.3, -0.25) is 0 Å². The molecule has 0 aliphatic heterocycles. The molecule has 0 aromatic heterocycles. The average Bonchev–Trinajstić information content (AvgIpc) is 0.769. The highest BCUT2D eigenvalue weighted by atomic mass is 16.6. The maximum atomic E-state index is 6.99. The minimum absolute atomic E-state index is 0.320. The van der Waals surface area contributed by atoms with Gasteiger partial charge in [0.1, 0.15) is 12.4 Å². The fourth-order valence-electron chi connectivity index (χ4n) is 13.0. The lowest BCUT2D eigenvalue weighted by atomic mass is 9.90. The summed E-state index contributed by atoms with van der Waals surface area (Å²) in [6.45, 7) is 20.0. The smallest absolute Gasteiger partial charge is 0.135 e. The molecule has 0 heterocycles. The van der Waals surface area contributed by atoms with Gasteiger partial charge >= 0.3 is 0 Å². The summed E-state index contributed by atoms with van der Waals surface area (Å²) in [4.78, 5) is 0. The van der Waals surface area contributed by atoms with Gasteiger partial charge in [0.25, 0.3) is 0 Å². The Morgan fingerprint density at radius 2 is 0.256 bits per heavy atom. The van der Waals surface area contributed by atoms with Gasteiger partial charge in [0.05, 0.1) is 271 Å². The quantitative estimate of drug-likeness (QED) is 0.0325. The van der Waals surface area contributed by atoms with Crippen LogP contribution in [0.25, 0.3) is 100 Å². The zero-order valence-corrected chi connectivity index (χ0v) is 72.9. The van der Waals surface area contributed by atoms with Crippen molar-refractivity contribution in [3.8, 4) is 106 Å². The summed E-state index contributed by atoms with van der Waals surface area (Å²) < 4.78 is 124. The van der Waals surface area contributed by atoms with Crippen molar-refractivity contribution < 1.29 is 104 Å². The van der Waals surface area contributed by atoms with Crippen molar-refractivity contribution in [1.82, 2.24) is 0 Å². The maximum Gasteiger partial charge on any atom is 0.135 e. The van der Waals surface area contributed by atoms with Crippen LogP contribution in [0.15, 0.2) is 249 Å². The Morgan fingerprint density at radius 1 is 0.128 bits per heavy atom. The summed E-state index contributed by atoms with van der Waals surface area (Å²) in [7, 11) is 1.65. The zero-order chi connectivity index (χ0) is 86.2. The van der Waals surface area contributed by atoms with Gasteiger partial charge in [0.2, 0.25) is 0 Å². The molecule has 0 saturated carbocycles. The van der Waals surface area contributed by atoms with Crippen LogP contribution in [0, 0.1) is 0 Å². The molecule has 0 fully saturated rings. The zero-order valence-electron chi connectivity index (χ0n) is 72.9. The standard InChI is InChI=1S/C103H128O22/c1-104-41-42-105-43-44-106-45-46-107-47-48-108-49-50-109-51-52-110-53-54-111-55-56-112-57-58-113-59-60-114-61-62-115-63-64-116-65-66-117-67-68-118-69-70-119-71-72-120-73-74-121-75-76-122-77-78-123-79-80-124-81-82-125-103-101(98-37-33-95(34-38-98)92-25-19-89(20-26-92)86-13-7-3-8-14-86)83-100(97-31-29-94(30-32-97)91-23-17-88(18-24-91)85-11-5-2-6-12-85)84-102(103)99-39-35-96(36-40-99)93-27-21-90(22-28-93)87-15-9-4-10-16-87/h2-40,83-84H,41-82H2,1H3. The molecule has 672 valence electrons. The molecule has 0 saturated heterocycles. The van der Waals surface area contributed by atoms with Crippen LogP contribution in [0.2, 0.25) is 0 Å². The van der Waals surface area contributed by atoms with E-state index in [1.165, 1.54) is 33.4 Å². The lowest BCUT2D eigenvalue weighted by molar-refractivity contribution is -0.0315. The Bertz CT molecular complexity index is 4150. The van der Waals surface area contributed by atoms with Crippen LogP contribution in [-0.4, -0.2) is 285 Å². The number of methoxy groups -OCH3 is 1. The predicted octanol–water partition coefficient (Wildman–Crippen LogP) is 17.0. The van der Waals surface area contributed by atoms with Gasteiger partial charge in [-0.05, 0) is 101 Å². The third kappa shape index (κ3) is 39.9. The van der Waals surface area contributed by atoms with E-state index in [4.69, 9.17) is 104 Å². The second-order valence-corrected chi connectivity index (χ2v) is 28.6. The van der Waals surface area contributed by atoms with Crippen molar-refractivity contribution in [3.63, 3.8) is 0 Å². The van der Waals surface area contributed by atoms with E-state index in [1.54, 1.807) is 7.11 Å². The molecule has 0 bridgehead atoms. The molecule has 0 spiro atoms. The van der Waals surface area contributed by atoms with Crippen molar-refractivity contribution in [2.24, 2.45) is 0 Å². The van der Waals surface area contributed by atoms with E-state index in [1.807, 2.05) is 18.2 Å². The van der Waals surface area contributed by atoms with E-state index in [0.717, 1.165) is 72.5 Å². The van der Waals surface area contributed by atoms with Crippen LogP contribution in [-0.2, 0) is 99.5 Å². The Kier molecular flexibility index (Phi) is 50.3. The number of ether oxygens (including phenoxy) is 22. The minimum Gasteiger partial charge on any atom is -0.490 e. The lowest BCUT2D eigenvalue weighted by Gasteiger charge is -2.20. The van der Waals surface area contributed by atoms with E-state index in [9.17, 15) is 0 Å². The monoisotopic (exact) mass is 1720 g/mol. The SMILES string of the molecule is COCCOCCOCCOCCOCCOCCOCCOCCOCCOCCOCCOCCOCCOCCOCCOCCOCCOCCOCCOCCOCCOc1c(-c2ccc(-c3ccc(-c4ccccc4)cc3)cc2)cc(-c2ccc(-c3ccc(-c4ccccc4)cc3)cc2)cc1-c1ccc(-c2ccc(-c3ccccc3)cc2)cc1. The van der Waals surface area contributed by atoms with Crippen molar-refractivity contribution in [2.45, 2.75) is 0 Å². The van der Waals surface area contributed by atoms with Crippen LogP contribution in [0.4, 0.5) is 0 Å². The Morgan fingerprint density at radius 3 is 0.416 bits per heavy atom. The molecule has 10 aromatic rings. The van der Waals surface area contributed by atoms with Gasteiger partial charge < -0.3 is 104 Å². The highest BCUT2D eigenvalue weighted by Gasteiger charge is 2.19. The molecule has 0 atom stereocenters. The summed E-state index contributed by atoms with van der Waals surface area (Å²) >= 11 is 0.